The third kappa shape index (κ3) is 4.62. The van der Waals surface area contributed by atoms with Crippen LogP contribution in [0.1, 0.15) is 22.3 Å². The summed E-state index contributed by atoms with van der Waals surface area (Å²) in [6.07, 6.45) is 1.66. The molecule has 0 fully saturated rings. The van der Waals surface area contributed by atoms with Gasteiger partial charge in [-0.2, -0.15) is 4.99 Å². The molecule has 0 aliphatic carbocycles. The van der Waals surface area contributed by atoms with Crippen molar-refractivity contribution in [3.63, 3.8) is 0 Å². The molecule has 0 aromatic heterocycles. The molecule has 0 radical (unpaired) electrons. The minimum Gasteiger partial charge on any atom is -0.493 e. The zero-order valence-corrected chi connectivity index (χ0v) is 22.0. The number of nitrogens with zero attached hydrogens (tertiary/aromatic N) is 2. The number of hydrogen-bond acceptors (Lipinski definition) is 5. The fourth-order valence-electron chi connectivity index (χ4n) is 3.97. The second-order valence-electron chi connectivity index (χ2n) is 8.18. The van der Waals surface area contributed by atoms with Gasteiger partial charge in [0.1, 0.15) is 12.4 Å². The van der Waals surface area contributed by atoms with E-state index < -0.39 is 5.91 Å². The Kier molecular flexibility index (Phi) is 6.80. The molecule has 2 heterocycles. The van der Waals surface area contributed by atoms with Gasteiger partial charge in [-0.3, -0.25) is 15.1 Å². The molecule has 1 amide bonds. The topological polar surface area (TPSA) is 75.0 Å². The van der Waals surface area contributed by atoms with Gasteiger partial charge in [0.25, 0.3) is 5.91 Å². The van der Waals surface area contributed by atoms with Gasteiger partial charge in [-0.1, -0.05) is 66.4 Å². The summed E-state index contributed by atoms with van der Waals surface area (Å²) in [6, 6.07) is 21.4. The molecule has 0 saturated heterocycles. The molecule has 2 aliphatic heterocycles. The highest BCUT2D eigenvalue weighted by molar-refractivity contribution is 9.10. The van der Waals surface area contributed by atoms with Gasteiger partial charge in [-0.05, 0) is 63.3 Å². The van der Waals surface area contributed by atoms with Crippen molar-refractivity contribution in [2.24, 2.45) is 4.99 Å². The maximum Gasteiger partial charge on any atom is 0.283 e. The molecule has 0 unspecified atom stereocenters. The summed E-state index contributed by atoms with van der Waals surface area (Å²) in [5, 5.41) is 11.2. The monoisotopic (exact) mass is 559 g/mol. The predicted octanol–water partition coefficient (Wildman–Crippen LogP) is 6.65. The number of amides is 1. The summed E-state index contributed by atoms with van der Waals surface area (Å²) in [4.78, 5) is 18.8. The van der Waals surface area contributed by atoms with Crippen molar-refractivity contribution in [1.29, 1.82) is 5.41 Å². The third-order valence-corrected chi connectivity index (χ3v) is 7.29. The van der Waals surface area contributed by atoms with E-state index in [4.69, 9.17) is 14.9 Å². The maximum atomic E-state index is 12.9. The van der Waals surface area contributed by atoms with Gasteiger partial charge in [0.2, 0.25) is 0 Å². The third-order valence-electron chi connectivity index (χ3n) is 5.88. The molecule has 180 valence electrons. The number of carbonyl (C=O) groups is 1. The zero-order valence-electron chi connectivity index (χ0n) is 19.6. The van der Waals surface area contributed by atoms with Crippen molar-refractivity contribution in [3.8, 4) is 11.5 Å². The number of halogens is 1. The van der Waals surface area contributed by atoms with Crippen LogP contribution in [-0.2, 0) is 11.4 Å². The Bertz CT molecular complexity index is 1460. The van der Waals surface area contributed by atoms with E-state index in [1.807, 2.05) is 73.0 Å². The first kappa shape index (κ1) is 24.1. The molecule has 6 nitrogen and oxygen atoms in total. The lowest BCUT2D eigenvalue weighted by Crippen LogP contribution is -2.38. The van der Waals surface area contributed by atoms with E-state index in [2.05, 4.69) is 20.9 Å². The number of nitrogens with one attached hydrogen (secondary N) is 1. The van der Waals surface area contributed by atoms with Gasteiger partial charge in [-0.15, -0.1) is 0 Å². The predicted molar refractivity (Wildman–Crippen MR) is 148 cm³/mol. The number of hydrogen-bond donors (Lipinski definition) is 1. The first-order chi connectivity index (χ1) is 17.5. The lowest BCUT2D eigenvalue weighted by atomic mass is 10.1. The van der Waals surface area contributed by atoms with E-state index in [0.29, 0.717) is 33.3 Å². The van der Waals surface area contributed by atoms with Crippen molar-refractivity contribution < 1.29 is 14.3 Å². The van der Waals surface area contributed by atoms with Crippen LogP contribution in [0.15, 0.2) is 87.2 Å². The molecule has 0 atom stereocenters. The second-order valence-corrected chi connectivity index (χ2v) is 9.87. The quantitative estimate of drug-likeness (QED) is 0.342. The largest absolute Gasteiger partial charge is 0.493 e. The number of aliphatic imine (C=N–C) groups is 1. The average Bonchev–Trinajstić information content (AvgIpc) is 3.31. The first-order valence-electron chi connectivity index (χ1n) is 11.2. The van der Waals surface area contributed by atoms with Crippen molar-refractivity contribution in [3.05, 3.63) is 104 Å². The molecule has 1 N–H and O–H groups in total. The number of thioether (sulfide) groups is 1. The molecular weight excluding hydrogens is 538 g/mol. The van der Waals surface area contributed by atoms with Crippen LogP contribution in [-0.4, -0.2) is 28.9 Å². The van der Waals surface area contributed by atoms with E-state index in [0.717, 1.165) is 22.4 Å². The molecule has 36 heavy (non-hydrogen) atoms. The molecule has 0 saturated carbocycles. The number of methoxy groups -OCH3 is 1. The standard InChI is InChI=1S/C28H22BrN3O3S/c1-17-8-6-7-11-20(17)15-35-25-22(29)13-18(14-24(25)34-2)12-21-26(30)32-23(19-9-4-3-5-10-19)16-36-28(32)31-27(21)33/h3-14,16,30H,15H2,1-2H3/b21-12-,30-26?. The lowest BCUT2D eigenvalue weighted by Gasteiger charge is -2.27. The van der Waals surface area contributed by atoms with E-state index in [-0.39, 0.29) is 11.4 Å². The highest BCUT2D eigenvalue weighted by Gasteiger charge is 2.36. The van der Waals surface area contributed by atoms with Crippen molar-refractivity contribution in [1.82, 2.24) is 4.90 Å². The number of aryl methyl sites for hydroxylation is 1. The summed E-state index contributed by atoms with van der Waals surface area (Å²) >= 11 is 4.93. The van der Waals surface area contributed by atoms with Crippen LogP contribution in [0.2, 0.25) is 0 Å². The van der Waals surface area contributed by atoms with Gasteiger partial charge in [0, 0.05) is 5.41 Å². The van der Waals surface area contributed by atoms with Crippen LogP contribution in [0, 0.1) is 12.3 Å². The summed E-state index contributed by atoms with van der Waals surface area (Å²) in [6.45, 7) is 2.44. The van der Waals surface area contributed by atoms with Gasteiger partial charge < -0.3 is 9.47 Å². The van der Waals surface area contributed by atoms with Gasteiger partial charge in [0.05, 0.1) is 22.9 Å². The summed E-state index contributed by atoms with van der Waals surface area (Å²) in [5.74, 6) is 0.723. The second kappa shape index (κ2) is 10.2. The highest BCUT2D eigenvalue weighted by atomic mass is 79.9. The first-order valence-corrected chi connectivity index (χ1v) is 12.8. The number of benzene rings is 3. The Morgan fingerprint density at radius 2 is 1.86 bits per heavy atom. The van der Waals surface area contributed by atoms with Crippen LogP contribution in [0.4, 0.5) is 0 Å². The minimum absolute atomic E-state index is 0.0834. The molecule has 3 aromatic rings. The summed E-state index contributed by atoms with van der Waals surface area (Å²) in [7, 11) is 1.57. The molecule has 5 rings (SSSR count). The Balaban J connectivity index is 1.45. The number of fused-ring (bicyclic) bond motifs is 1. The van der Waals surface area contributed by atoms with E-state index >= 15 is 0 Å². The average molecular weight is 560 g/mol. The molecule has 0 bridgehead atoms. The van der Waals surface area contributed by atoms with Crippen LogP contribution in [0.5, 0.6) is 11.5 Å². The number of ether oxygens (including phenoxy) is 2. The summed E-state index contributed by atoms with van der Waals surface area (Å²) in [5.41, 5.74) is 4.89. The maximum absolute atomic E-state index is 12.9. The number of carbonyl (C=O) groups excluding carboxylic acids is 1. The molecule has 3 aromatic carbocycles. The number of amidine groups is 2. The smallest absolute Gasteiger partial charge is 0.283 e. The normalized spacial score (nSPS) is 16.1. The van der Waals surface area contributed by atoms with E-state index in [9.17, 15) is 4.79 Å². The Morgan fingerprint density at radius 1 is 1.11 bits per heavy atom. The van der Waals surface area contributed by atoms with Crippen molar-refractivity contribution in [2.75, 3.05) is 7.11 Å². The van der Waals surface area contributed by atoms with Crippen LogP contribution >= 0.6 is 27.7 Å². The van der Waals surface area contributed by atoms with Crippen molar-refractivity contribution >= 4 is 56.4 Å². The minimum atomic E-state index is -0.448. The molecular formula is C28H22BrN3O3S. The van der Waals surface area contributed by atoms with Gasteiger partial charge in [-0.25, -0.2) is 0 Å². The Labute approximate surface area is 222 Å². The van der Waals surface area contributed by atoms with E-state index in [1.165, 1.54) is 11.8 Å². The fourth-order valence-corrected chi connectivity index (χ4v) is 5.43. The Morgan fingerprint density at radius 3 is 2.61 bits per heavy atom. The highest BCUT2D eigenvalue weighted by Crippen LogP contribution is 2.40. The lowest BCUT2D eigenvalue weighted by molar-refractivity contribution is -0.114. The summed E-state index contributed by atoms with van der Waals surface area (Å²) < 4.78 is 12.4. The van der Waals surface area contributed by atoms with Crippen LogP contribution in [0.25, 0.3) is 11.8 Å². The molecule has 2 aliphatic rings. The zero-order chi connectivity index (χ0) is 25.2. The van der Waals surface area contributed by atoms with Crippen LogP contribution in [0.3, 0.4) is 0 Å². The van der Waals surface area contributed by atoms with E-state index in [1.54, 1.807) is 24.2 Å². The molecule has 0 spiro atoms. The fraction of sp³-hybridized carbons (Fsp3) is 0.107. The Hall–Kier alpha value is -3.62. The van der Waals surface area contributed by atoms with Crippen LogP contribution < -0.4 is 9.47 Å². The number of rotatable bonds is 6. The molecule has 8 heteroatoms. The van der Waals surface area contributed by atoms with Gasteiger partial charge in [0.15, 0.2) is 16.7 Å². The van der Waals surface area contributed by atoms with Gasteiger partial charge >= 0.3 is 0 Å². The van der Waals surface area contributed by atoms with Crippen molar-refractivity contribution in [2.45, 2.75) is 13.5 Å². The SMILES string of the molecule is COc1cc(/C=C2/C(=N)N3C(c4ccccc4)=CSC3=NC2=O)cc(Br)c1OCc1ccccc1C.